The fraction of sp³-hybridized carbons (Fsp3) is 0.500. The van der Waals surface area contributed by atoms with Gasteiger partial charge >= 0.3 is 0 Å². The van der Waals surface area contributed by atoms with E-state index in [1.54, 1.807) is 12.1 Å². The number of hydrogen-bond acceptors (Lipinski definition) is 4. The maximum absolute atomic E-state index is 13.3. The topological polar surface area (TPSA) is 28.6 Å². The second-order valence-electron chi connectivity index (χ2n) is 8.18. The van der Waals surface area contributed by atoms with Gasteiger partial charge in [0.05, 0.1) is 13.2 Å². The van der Waals surface area contributed by atoms with Crippen molar-refractivity contribution in [2.45, 2.75) is 26.9 Å². The quantitative estimate of drug-likeness (QED) is 0.709. The average molecular weight is 372 g/mol. The van der Waals surface area contributed by atoms with Gasteiger partial charge in [0.15, 0.2) is 0 Å². The summed E-state index contributed by atoms with van der Waals surface area (Å²) >= 11 is 0. The molecule has 0 bridgehead atoms. The molecule has 27 heavy (non-hydrogen) atoms. The van der Waals surface area contributed by atoms with Crippen LogP contribution in [-0.4, -0.2) is 54.2 Å². The molecular formula is C22H30FN3O. The van der Waals surface area contributed by atoms with E-state index in [2.05, 4.69) is 40.8 Å². The van der Waals surface area contributed by atoms with Crippen molar-refractivity contribution in [2.75, 3.05) is 39.4 Å². The zero-order valence-corrected chi connectivity index (χ0v) is 16.4. The summed E-state index contributed by atoms with van der Waals surface area (Å²) in [7, 11) is 0. The third kappa shape index (κ3) is 6.69. The predicted octanol–water partition coefficient (Wildman–Crippen LogP) is 3.58. The number of nitrogens with zero attached hydrogens (tertiary/aromatic N) is 3. The number of hydrogen-bond donors (Lipinski definition) is 0. The Hall–Kier alpha value is -1.82. The minimum atomic E-state index is -0.188. The van der Waals surface area contributed by atoms with E-state index in [4.69, 9.17) is 4.74 Å². The van der Waals surface area contributed by atoms with Crippen molar-refractivity contribution in [2.24, 2.45) is 5.41 Å². The summed E-state index contributed by atoms with van der Waals surface area (Å²) in [5, 5.41) is 0. The SMILES string of the molecule is CC(C)(CN1CCOCC1)CN(Cc1ccncc1)Cc1ccc(F)cc1. The third-order valence-corrected chi connectivity index (χ3v) is 4.88. The smallest absolute Gasteiger partial charge is 0.123 e. The summed E-state index contributed by atoms with van der Waals surface area (Å²) in [5.74, 6) is -0.188. The molecule has 1 saturated heterocycles. The summed E-state index contributed by atoms with van der Waals surface area (Å²) in [6.45, 7) is 12.0. The highest BCUT2D eigenvalue weighted by Gasteiger charge is 2.26. The molecule has 146 valence electrons. The van der Waals surface area contributed by atoms with Gasteiger partial charge in [0, 0.05) is 51.7 Å². The number of morpholine rings is 1. The maximum Gasteiger partial charge on any atom is 0.123 e. The molecule has 0 radical (unpaired) electrons. The van der Waals surface area contributed by atoms with Crippen LogP contribution in [0.2, 0.25) is 0 Å². The normalized spacial score (nSPS) is 16.0. The van der Waals surface area contributed by atoms with Gasteiger partial charge in [-0.05, 0) is 40.8 Å². The van der Waals surface area contributed by atoms with E-state index < -0.39 is 0 Å². The standard InChI is InChI=1S/C22H30FN3O/c1-22(2,17-25-11-13-27-14-12-25)18-26(16-20-7-9-24-10-8-20)15-19-3-5-21(23)6-4-19/h3-10H,11-18H2,1-2H3. The van der Waals surface area contributed by atoms with Crippen molar-refractivity contribution < 1.29 is 9.13 Å². The number of halogens is 1. The van der Waals surface area contributed by atoms with Crippen LogP contribution >= 0.6 is 0 Å². The van der Waals surface area contributed by atoms with E-state index in [1.807, 2.05) is 24.5 Å². The van der Waals surface area contributed by atoms with Crippen molar-refractivity contribution in [3.8, 4) is 0 Å². The lowest BCUT2D eigenvalue weighted by Gasteiger charge is -2.38. The van der Waals surface area contributed by atoms with Crippen LogP contribution in [0.15, 0.2) is 48.8 Å². The number of aromatic nitrogens is 1. The van der Waals surface area contributed by atoms with Crippen LogP contribution in [0.5, 0.6) is 0 Å². The Kier molecular flexibility index (Phi) is 6.94. The largest absolute Gasteiger partial charge is 0.379 e. The zero-order chi connectivity index (χ0) is 19.1. The van der Waals surface area contributed by atoms with Crippen LogP contribution in [0.4, 0.5) is 4.39 Å². The zero-order valence-electron chi connectivity index (χ0n) is 16.4. The summed E-state index contributed by atoms with van der Waals surface area (Å²) in [6, 6.07) is 11.0. The second-order valence-corrected chi connectivity index (χ2v) is 8.18. The molecule has 5 heteroatoms. The molecule has 0 saturated carbocycles. The number of benzene rings is 1. The molecule has 1 aliphatic heterocycles. The molecule has 0 unspecified atom stereocenters. The highest BCUT2D eigenvalue weighted by Crippen LogP contribution is 2.22. The first-order valence-corrected chi connectivity index (χ1v) is 9.66. The van der Waals surface area contributed by atoms with Gasteiger partial charge in [0.2, 0.25) is 0 Å². The van der Waals surface area contributed by atoms with Crippen LogP contribution in [0.1, 0.15) is 25.0 Å². The van der Waals surface area contributed by atoms with Gasteiger partial charge in [-0.1, -0.05) is 26.0 Å². The molecule has 1 aliphatic rings. The molecule has 0 aliphatic carbocycles. The van der Waals surface area contributed by atoms with Crippen molar-refractivity contribution in [3.63, 3.8) is 0 Å². The molecule has 0 amide bonds. The van der Waals surface area contributed by atoms with E-state index in [1.165, 1.54) is 5.56 Å². The third-order valence-electron chi connectivity index (χ3n) is 4.88. The van der Waals surface area contributed by atoms with Crippen molar-refractivity contribution >= 4 is 0 Å². The monoisotopic (exact) mass is 371 g/mol. The number of pyridine rings is 1. The van der Waals surface area contributed by atoms with E-state index in [0.717, 1.165) is 58.0 Å². The maximum atomic E-state index is 13.3. The Morgan fingerprint density at radius 3 is 2.22 bits per heavy atom. The van der Waals surface area contributed by atoms with Gasteiger partial charge in [0.1, 0.15) is 5.82 Å². The minimum Gasteiger partial charge on any atom is -0.379 e. The molecule has 0 spiro atoms. The first kappa shape index (κ1) is 19.9. The Bertz CT molecular complexity index is 684. The van der Waals surface area contributed by atoms with Crippen molar-refractivity contribution in [1.82, 2.24) is 14.8 Å². The molecule has 4 nitrogen and oxygen atoms in total. The first-order chi connectivity index (χ1) is 13.0. The van der Waals surface area contributed by atoms with Crippen molar-refractivity contribution in [1.29, 1.82) is 0 Å². The first-order valence-electron chi connectivity index (χ1n) is 9.66. The van der Waals surface area contributed by atoms with E-state index in [-0.39, 0.29) is 11.2 Å². The molecule has 0 N–H and O–H groups in total. The molecule has 1 fully saturated rings. The minimum absolute atomic E-state index is 0.143. The van der Waals surface area contributed by atoms with Gasteiger partial charge in [-0.15, -0.1) is 0 Å². The average Bonchev–Trinajstić information content (AvgIpc) is 2.64. The van der Waals surface area contributed by atoms with Crippen LogP contribution in [0.25, 0.3) is 0 Å². The van der Waals surface area contributed by atoms with E-state index in [0.29, 0.717) is 0 Å². The lowest BCUT2D eigenvalue weighted by Crippen LogP contribution is -2.45. The predicted molar refractivity (Wildman–Crippen MR) is 106 cm³/mol. The molecule has 2 aromatic rings. The highest BCUT2D eigenvalue weighted by atomic mass is 19.1. The van der Waals surface area contributed by atoms with Crippen LogP contribution in [0, 0.1) is 11.2 Å². The Morgan fingerprint density at radius 1 is 1.00 bits per heavy atom. The Labute approximate surface area is 162 Å². The lowest BCUT2D eigenvalue weighted by molar-refractivity contribution is 0.0139. The van der Waals surface area contributed by atoms with E-state index in [9.17, 15) is 4.39 Å². The Morgan fingerprint density at radius 2 is 1.59 bits per heavy atom. The second kappa shape index (κ2) is 9.40. The molecular weight excluding hydrogens is 341 g/mol. The van der Waals surface area contributed by atoms with Crippen LogP contribution in [-0.2, 0) is 17.8 Å². The molecule has 3 rings (SSSR count). The highest BCUT2D eigenvalue weighted by molar-refractivity contribution is 5.17. The molecule has 1 aromatic carbocycles. The number of rotatable bonds is 8. The lowest BCUT2D eigenvalue weighted by atomic mass is 9.91. The molecule has 1 aromatic heterocycles. The van der Waals surface area contributed by atoms with Gasteiger partial charge < -0.3 is 4.74 Å². The summed E-state index contributed by atoms with van der Waals surface area (Å²) < 4.78 is 18.7. The summed E-state index contributed by atoms with van der Waals surface area (Å²) in [5.41, 5.74) is 2.52. The fourth-order valence-corrected chi connectivity index (χ4v) is 3.78. The van der Waals surface area contributed by atoms with Gasteiger partial charge in [-0.2, -0.15) is 0 Å². The van der Waals surface area contributed by atoms with Crippen LogP contribution in [0.3, 0.4) is 0 Å². The van der Waals surface area contributed by atoms with Gasteiger partial charge in [0.25, 0.3) is 0 Å². The summed E-state index contributed by atoms with van der Waals surface area (Å²) in [6.07, 6.45) is 3.68. The number of ether oxygens (including phenoxy) is 1. The van der Waals surface area contributed by atoms with Gasteiger partial charge in [-0.25, -0.2) is 4.39 Å². The van der Waals surface area contributed by atoms with Crippen molar-refractivity contribution in [3.05, 3.63) is 65.7 Å². The molecule has 2 heterocycles. The van der Waals surface area contributed by atoms with Gasteiger partial charge in [-0.3, -0.25) is 14.8 Å². The van der Waals surface area contributed by atoms with E-state index >= 15 is 0 Å². The summed E-state index contributed by atoms with van der Waals surface area (Å²) in [4.78, 5) is 9.06. The molecule has 0 atom stereocenters. The van der Waals surface area contributed by atoms with Crippen LogP contribution < -0.4 is 0 Å². The Balaban J connectivity index is 1.68. The fourth-order valence-electron chi connectivity index (χ4n) is 3.78.